The second-order valence-electron chi connectivity index (χ2n) is 6.96. The zero-order valence-electron chi connectivity index (χ0n) is 17.5. The first-order chi connectivity index (χ1) is 15.5. The molecule has 0 unspecified atom stereocenters. The number of rotatable bonds is 7. The van der Waals surface area contributed by atoms with E-state index >= 15 is 0 Å². The summed E-state index contributed by atoms with van der Waals surface area (Å²) in [5, 5.41) is 7.67. The second kappa shape index (κ2) is 9.07. The van der Waals surface area contributed by atoms with Crippen LogP contribution in [0.5, 0.6) is 5.75 Å². The van der Waals surface area contributed by atoms with Gasteiger partial charge >= 0.3 is 0 Å². The Hall–Kier alpha value is -3.91. The SMILES string of the molecule is CCOc1ccccc1NC1=C(c2cccs2)C(=O)N(c2ccc(NC(C)=O)cc2)C1=O. The molecular formula is C24H21N3O4S. The molecule has 0 saturated heterocycles. The molecule has 1 aromatic heterocycles. The Morgan fingerprint density at radius 3 is 2.41 bits per heavy atom. The maximum atomic E-state index is 13.4. The number of nitrogens with zero attached hydrogens (tertiary/aromatic N) is 1. The van der Waals surface area contributed by atoms with E-state index in [0.29, 0.717) is 39.9 Å². The van der Waals surface area contributed by atoms with Gasteiger partial charge in [0, 0.05) is 17.5 Å². The summed E-state index contributed by atoms with van der Waals surface area (Å²) in [7, 11) is 0. The number of benzene rings is 2. The van der Waals surface area contributed by atoms with E-state index in [1.54, 1.807) is 36.4 Å². The van der Waals surface area contributed by atoms with Crippen molar-refractivity contribution in [2.75, 3.05) is 22.1 Å². The molecule has 0 atom stereocenters. The molecule has 1 aliphatic rings. The molecule has 7 nitrogen and oxygen atoms in total. The van der Waals surface area contributed by atoms with Crippen molar-refractivity contribution in [2.45, 2.75) is 13.8 Å². The largest absolute Gasteiger partial charge is 0.492 e. The van der Waals surface area contributed by atoms with Gasteiger partial charge in [0.2, 0.25) is 5.91 Å². The lowest BCUT2D eigenvalue weighted by atomic mass is 10.1. The monoisotopic (exact) mass is 447 g/mol. The molecule has 0 fully saturated rings. The summed E-state index contributed by atoms with van der Waals surface area (Å²) in [5.74, 6) is -0.489. The van der Waals surface area contributed by atoms with Crippen LogP contribution >= 0.6 is 11.3 Å². The number of imide groups is 1. The second-order valence-corrected chi connectivity index (χ2v) is 7.90. The van der Waals surface area contributed by atoms with E-state index in [0.717, 1.165) is 4.90 Å². The van der Waals surface area contributed by atoms with Crippen molar-refractivity contribution in [3.63, 3.8) is 0 Å². The molecule has 2 aromatic carbocycles. The van der Waals surface area contributed by atoms with Gasteiger partial charge in [0.25, 0.3) is 11.8 Å². The summed E-state index contributed by atoms with van der Waals surface area (Å²) in [5.41, 5.74) is 2.09. The number of ether oxygens (including phenoxy) is 1. The zero-order valence-corrected chi connectivity index (χ0v) is 18.4. The van der Waals surface area contributed by atoms with E-state index in [-0.39, 0.29) is 11.6 Å². The van der Waals surface area contributed by atoms with Crippen LogP contribution in [0, 0.1) is 0 Å². The minimum absolute atomic E-state index is 0.190. The van der Waals surface area contributed by atoms with Gasteiger partial charge < -0.3 is 15.4 Å². The van der Waals surface area contributed by atoms with Gasteiger partial charge in [-0.1, -0.05) is 18.2 Å². The van der Waals surface area contributed by atoms with E-state index in [1.807, 2.05) is 36.6 Å². The topological polar surface area (TPSA) is 87.7 Å². The fourth-order valence-electron chi connectivity index (χ4n) is 3.41. The zero-order chi connectivity index (χ0) is 22.7. The van der Waals surface area contributed by atoms with Gasteiger partial charge in [-0.3, -0.25) is 14.4 Å². The fraction of sp³-hybridized carbons (Fsp3) is 0.125. The number of carbonyl (C=O) groups is 3. The molecule has 4 rings (SSSR count). The number of amides is 3. The van der Waals surface area contributed by atoms with Gasteiger partial charge in [0.1, 0.15) is 11.4 Å². The number of para-hydroxylation sites is 2. The highest BCUT2D eigenvalue weighted by Crippen LogP contribution is 2.37. The summed E-state index contributed by atoms with van der Waals surface area (Å²) in [6.45, 7) is 3.76. The fourth-order valence-corrected chi connectivity index (χ4v) is 4.18. The average Bonchev–Trinajstić information content (AvgIpc) is 3.37. The van der Waals surface area contributed by atoms with Crippen molar-refractivity contribution in [3.05, 3.63) is 76.6 Å². The molecule has 3 amide bonds. The molecule has 1 aliphatic heterocycles. The van der Waals surface area contributed by atoms with E-state index < -0.39 is 11.8 Å². The van der Waals surface area contributed by atoms with Crippen LogP contribution in [0.3, 0.4) is 0 Å². The molecule has 3 aromatic rings. The molecule has 2 heterocycles. The Balaban J connectivity index is 1.73. The highest BCUT2D eigenvalue weighted by Gasteiger charge is 2.41. The van der Waals surface area contributed by atoms with Crippen molar-refractivity contribution in [3.8, 4) is 5.75 Å². The Morgan fingerprint density at radius 2 is 1.75 bits per heavy atom. The molecule has 0 radical (unpaired) electrons. The third-order valence-electron chi connectivity index (χ3n) is 4.74. The normalized spacial score (nSPS) is 13.5. The van der Waals surface area contributed by atoms with Crippen LogP contribution in [-0.2, 0) is 14.4 Å². The number of hydrogen-bond acceptors (Lipinski definition) is 6. The molecule has 8 heteroatoms. The summed E-state index contributed by atoms with van der Waals surface area (Å²) < 4.78 is 5.66. The lowest BCUT2D eigenvalue weighted by Crippen LogP contribution is -2.32. The van der Waals surface area contributed by atoms with Crippen LogP contribution in [-0.4, -0.2) is 24.3 Å². The van der Waals surface area contributed by atoms with E-state index in [2.05, 4.69) is 10.6 Å². The summed E-state index contributed by atoms with van der Waals surface area (Å²) >= 11 is 1.38. The van der Waals surface area contributed by atoms with Gasteiger partial charge in [-0.15, -0.1) is 11.3 Å². The standard InChI is InChI=1S/C24H21N3O4S/c1-3-31-19-8-5-4-7-18(19)26-22-21(20-9-6-14-32-20)23(29)27(24(22)30)17-12-10-16(11-13-17)25-15(2)28/h4-14,26H,3H2,1-2H3,(H,25,28). The first-order valence-electron chi connectivity index (χ1n) is 10.0. The van der Waals surface area contributed by atoms with E-state index in [4.69, 9.17) is 4.74 Å². The number of nitrogens with one attached hydrogen (secondary N) is 2. The number of carbonyl (C=O) groups excluding carboxylic acids is 3. The maximum absolute atomic E-state index is 13.4. The quantitative estimate of drug-likeness (QED) is 0.521. The lowest BCUT2D eigenvalue weighted by Gasteiger charge is -2.16. The van der Waals surface area contributed by atoms with Gasteiger partial charge in [-0.25, -0.2) is 4.90 Å². The molecular weight excluding hydrogens is 426 g/mol. The number of anilines is 3. The summed E-state index contributed by atoms with van der Waals surface area (Å²) in [6.07, 6.45) is 0. The third kappa shape index (κ3) is 4.13. The van der Waals surface area contributed by atoms with Crippen LogP contribution < -0.4 is 20.3 Å². The van der Waals surface area contributed by atoms with Crippen LogP contribution in [0.1, 0.15) is 18.7 Å². The first-order valence-corrected chi connectivity index (χ1v) is 10.9. The third-order valence-corrected chi connectivity index (χ3v) is 5.63. The highest BCUT2D eigenvalue weighted by molar-refractivity contribution is 7.11. The van der Waals surface area contributed by atoms with Gasteiger partial charge in [0.15, 0.2) is 0 Å². The summed E-state index contributed by atoms with van der Waals surface area (Å²) in [6, 6.07) is 17.5. The maximum Gasteiger partial charge on any atom is 0.282 e. The van der Waals surface area contributed by atoms with Crippen LogP contribution in [0.4, 0.5) is 17.1 Å². The van der Waals surface area contributed by atoms with Crippen LogP contribution in [0.25, 0.3) is 5.57 Å². The molecule has 162 valence electrons. The summed E-state index contributed by atoms with van der Waals surface area (Å²) in [4.78, 5) is 39.9. The van der Waals surface area contributed by atoms with Crippen molar-refractivity contribution in [2.24, 2.45) is 0 Å². The van der Waals surface area contributed by atoms with Gasteiger partial charge in [-0.2, -0.15) is 0 Å². The molecule has 0 saturated carbocycles. The Labute approximate surface area is 189 Å². The molecule has 0 bridgehead atoms. The highest BCUT2D eigenvalue weighted by atomic mass is 32.1. The van der Waals surface area contributed by atoms with E-state index in [1.165, 1.54) is 18.3 Å². The molecule has 32 heavy (non-hydrogen) atoms. The van der Waals surface area contributed by atoms with Crippen LogP contribution in [0.15, 0.2) is 71.7 Å². The van der Waals surface area contributed by atoms with Crippen molar-refractivity contribution < 1.29 is 19.1 Å². The van der Waals surface area contributed by atoms with Gasteiger partial charge in [0.05, 0.1) is 23.6 Å². The number of thiophene rings is 1. The minimum atomic E-state index is -0.461. The predicted octanol–water partition coefficient (Wildman–Crippen LogP) is 4.50. The lowest BCUT2D eigenvalue weighted by molar-refractivity contribution is -0.120. The van der Waals surface area contributed by atoms with Gasteiger partial charge in [-0.05, 0) is 54.8 Å². The number of hydrogen-bond donors (Lipinski definition) is 2. The Kier molecular flexibility index (Phi) is 6.04. The smallest absolute Gasteiger partial charge is 0.282 e. The predicted molar refractivity (Wildman–Crippen MR) is 126 cm³/mol. The molecule has 0 aliphatic carbocycles. The first kappa shape index (κ1) is 21.3. The Morgan fingerprint density at radius 1 is 1.00 bits per heavy atom. The van der Waals surface area contributed by atoms with Crippen molar-refractivity contribution in [1.82, 2.24) is 0 Å². The van der Waals surface area contributed by atoms with Crippen LogP contribution in [0.2, 0.25) is 0 Å². The van der Waals surface area contributed by atoms with Crippen molar-refractivity contribution >= 4 is 51.7 Å². The Bertz CT molecular complexity index is 1200. The van der Waals surface area contributed by atoms with Crippen molar-refractivity contribution in [1.29, 1.82) is 0 Å². The average molecular weight is 448 g/mol. The minimum Gasteiger partial charge on any atom is -0.492 e. The molecule has 2 N–H and O–H groups in total. The molecule has 0 spiro atoms. The van der Waals surface area contributed by atoms with E-state index in [9.17, 15) is 14.4 Å².